The van der Waals surface area contributed by atoms with Crippen LogP contribution in [0.3, 0.4) is 0 Å². The van der Waals surface area contributed by atoms with Gasteiger partial charge in [-0.1, -0.05) is 97.1 Å². The van der Waals surface area contributed by atoms with Gasteiger partial charge in [-0.05, 0) is 36.4 Å². The number of para-hydroxylation sites is 2. The number of benzene rings is 6. The van der Waals surface area contributed by atoms with Crippen molar-refractivity contribution in [2.24, 2.45) is 0 Å². The molecule has 0 saturated heterocycles. The fourth-order valence-corrected chi connectivity index (χ4v) is 7.85. The first kappa shape index (κ1) is 24.6. The second-order valence-electron chi connectivity index (χ2n) is 11.2. The van der Waals surface area contributed by atoms with Crippen LogP contribution in [-0.2, 0) is 0 Å². The maximum Gasteiger partial charge on any atom is 0.238 e. The molecule has 0 bridgehead atoms. The van der Waals surface area contributed by atoms with E-state index >= 15 is 0 Å². The van der Waals surface area contributed by atoms with E-state index in [4.69, 9.17) is 19.4 Å². The molecule has 45 heavy (non-hydrogen) atoms. The summed E-state index contributed by atoms with van der Waals surface area (Å²) >= 11 is 1.82. The predicted molar refractivity (Wildman–Crippen MR) is 185 cm³/mol. The Morgan fingerprint density at radius 2 is 1.18 bits per heavy atom. The number of rotatable bonds is 3. The van der Waals surface area contributed by atoms with Gasteiger partial charge < -0.3 is 4.42 Å². The van der Waals surface area contributed by atoms with E-state index in [0.29, 0.717) is 17.6 Å². The zero-order valence-electron chi connectivity index (χ0n) is 23.8. The van der Waals surface area contributed by atoms with Crippen molar-refractivity contribution in [3.63, 3.8) is 0 Å². The molecule has 0 aliphatic heterocycles. The van der Waals surface area contributed by atoms with E-state index in [-0.39, 0.29) is 0 Å². The van der Waals surface area contributed by atoms with Crippen LogP contribution in [0.2, 0.25) is 0 Å². The Hall–Kier alpha value is -5.85. The minimum absolute atomic E-state index is 0.590. The van der Waals surface area contributed by atoms with Crippen LogP contribution in [0.25, 0.3) is 92.6 Å². The van der Waals surface area contributed by atoms with E-state index in [1.165, 1.54) is 30.9 Å². The third kappa shape index (κ3) is 3.63. The minimum atomic E-state index is 0.590. The van der Waals surface area contributed by atoms with Gasteiger partial charge in [-0.15, -0.1) is 11.3 Å². The lowest BCUT2D eigenvalue weighted by molar-refractivity contribution is 0.669. The molecule has 10 rings (SSSR count). The highest BCUT2D eigenvalue weighted by Crippen LogP contribution is 2.43. The van der Waals surface area contributed by atoms with Crippen molar-refractivity contribution < 1.29 is 4.42 Å². The Morgan fingerprint density at radius 1 is 0.489 bits per heavy atom. The normalized spacial score (nSPS) is 12.0. The number of furan rings is 1. The molecule has 0 amide bonds. The lowest BCUT2D eigenvalue weighted by Crippen LogP contribution is -2.06. The summed E-state index contributed by atoms with van der Waals surface area (Å²) in [5, 5.41) is 6.96. The molecule has 0 atom stereocenters. The second-order valence-corrected chi connectivity index (χ2v) is 12.3. The van der Waals surface area contributed by atoms with E-state index in [0.717, 1.165) is 44.1 Å². The molecule has 210 valence electrons. The fraction of sp³-hybridized carbons (Fsp3) is 0. The van der Waals surface area contributed by atoms with Crippen LogP contribution in [0.15, 0.2) is 138 Å². The minimum Gasteiger partial charge on any atom is -0.456 e. The van der Waals surface area contributed by atoms with Crippen LogP contribution in [0.5, 0.6) is 0 Å². The summed E-state index contributed by atoms with van der Waals surface area (Å²) in [6.45, 7) is 0. The predicted octanol–water partition coefficient (Wildman–Crippen LogP) is 10.6. The number of hydrogen-bond acceptors (Lipinski definition) is 5. The first-order valence-corrected chi connectivity index (χ1v) is 15.7. The molecule has 6 aromatic carbocycles. The first-order valence-electron chi connectivity index (χ1n) is 14.9. The number of hydrogen-bond donors (Lipinski definition) is 0. The lowest BCUT2D eigenvalue weighted by Gasteiger charge is -2.11. The van der Waals surface area contributed by atoms with Gasteiger partial charge in [-0.25, -0.2) is 4.98 Å². The smallest absolute Gasteiger partial charge is 0.238 e. The van der Waals surface area contributed by atoms with E-state index in [1.54, 1.807) is 0 Å². The van der Waals surface area contributed by atoms with Crippen molar-refractivity contribution in [3.8, 4) is 28.7 Å². The molecule has 6 heteroatoms. The van der Waals surface area contributed by atoms with Crippen LogP contribution in [-0.4, -0.2) is 19.5 Å². The SMILES string of the molecule is c1ccc(-c2nc(-c3ccc4oc5ccccc5c4c3)nc(-n3c4ccccc4c4ccc5c6ccccc6sc5c43)n2)cc1. The molecule has 0 aliphatic rings. The Labute approximate surface area is 260 Å². The van der Waals surface area contributed by atoms with Crippen LogP contribution in [0.1, 0.15) is 0 Å². The average Bonchev–Trinajstić information content (AvgIpc) is 3.78. The molecular weight excluding hydrogens is 573 g/mol. The van der Waals surface area contributed by atoms with Crippen molar-refractivity contribution >= 4 is 75.3 Å². The largest absolute Gasteiger partial charge is 0.456 e. The second kappa shape index (κ2) is 9.32. The summed E-state index contributed by atoms with van der Waals surface area (Å²) in [5.41, 5.74) is 5.72. The van der Waals surface area contributed by atoms with Crippen LogP contribution in [0, 0.1) is 0 Å². The zero-order chi connectivity index (χ0) is 29.5. The number of aromatic nitrogens is 4. The summed E-state index contributed by atoms with van der Waals surface area (Å²) in [7, 11) is 0. The van der Waals surface area contributed by atoms with Crippen molar-refractivity contribution in [2.75, 3.05) is 0 Å². The molecule has 0 aliphatic carbocycles. The molecule has 0 spiro atoms. The monoisotopic (exact) mass is 594 g/mol. The van der Waals surface area contributed by atoms with Crippen molar-refractivity contribution in [3.05, 3.63) is 133 Å². The standard InChI is InChI=1S/C39H22N4OS/c1-2-10-23(11-3-1)37-40-38(24-18-21-33-30(22-24)26-13-5-8-16-32(26)44-33)42-39(41-37)43-31-15-7-4-12-25(31)28-19-20-29-27-14-6-9-17-34(27)45-36(29)35(28)43/h1-22H. The van der Waals surface area contributed by atoms with Crippen molar-refractivity contribution in [2.45, 2.75) is 0 Å². The fourth-order valence-electron chi connectivity index (χ4n) is 6.61. The van der Waals surface area contributed by atoms with Gasteiger partial charge in [0.05, 0.1) is 15.7 Å². The molecule has 5 nitrogen and oxygen atoms in total. The maximum atomic E-state index is 6.13. The van der Waals surface area contributed by atoms with Gasteiger partial charge in [-0.3, -0.25) is 4.57 Å². The summed E-state index contributed by atoms with van der Waals surface area (Å²) < 4.78 is 10.8. The maximum absolute atomic E-state index is 6.13. The Balaban J connectivity index is 1.31. The van der Waals surface area contributed by atoms with Gasteiger partial charge in [0.1, 0.15) is 11.2 Å². The highest BCUT2D eigenvalue weighted by atomic mass is 32.1. The third-order valence-corrected chi connectivity index (χ3v) is 9.86. The van der Waals surface area contributed by atoms with Crippen LogP contribution < -0.4 is 0 Å². The first-order chi connectivity index (χ1) is 22.3. The van der Waals surface area contributed by atoms with Crippen LogP contribution >= 0.6 is 11.3 Å². The molecule has 0 N–H and O–H groups in total. The molecule has 0 fully saturated rings. The molecule has 10 aromatic rings. The van der Waals surface area contributed by atoms with Crippen molar-refractivity contribution in [1.29, 1.82) is 0 Å². The molecule has 0 radical (unpaired) electrons. The highest BCUT2D eigenvalue weighted by molar-refractivity contribution is 7.26. The molecule has 4 aromatic heterocycles. The van der Waals surface area contributed by atoms with E-state index in [9.17, 15) is 0 Å². The Bertz CT molecular complexity index is 2770. The highest BCUT2D eigenvalue weighted by Gasteiger charge is 2.21. The van der Waals surface area contributed by atoms with Gasteiger partial charge in [-0.2, -0.15) is 9.97 Å². The summed E-state index contributed by atoms with van der Waals surface area (Å²) in [4.78, 5) is 15.4. The molecule has 4 heterocycles. The molecular formula is C39H22N4OS. The van der Waals surface area contributed by atoms with Gasteiger partial charge in [0.15, 0.2) is 11.6 Å². The van der Waals surface area contributed by atoms with Crippen LogP contribution in [0.4, 0.5) is 0 Å². The quantitative estimate of drug-likeness (QED) is 0.204. The van der Waals surface area contributed by atoms with E-state index < -0.39 is 0 Å². The average molecular weight is 595 g/mol. The number of fused-ring (bicyclic) bond motifs is 10. The zero-order valence-corrected chi connectivity index (χ0v) is 24.6. The summed E-state index contributed by atoms with van der Waals surface area (Å²) in [5.74, 6) is 1.83. The summed E-state index contributed by atoms with van der Waals surface area (Å²) in [6.07, 6.45) is 0. The molecule has 0 saturated carbocycles. The third-order valence-electron chi connectivity index (χ3n) is 8.67. The summed E-state index contributed by atoms with van der Waals surface area (Å²) in [6, 6.07) is 46.1. The Kier molecular flexibility index (Phi) is 5.09. The van der Waals surface area contributed by atoms with Gasteiger partial charge in [0, 0.05) is 48.1 Å². The van der Waals surface area contributed by atoms with Gasteiger partial charge in [0.25, 0.3) is 0 Å². The van der Waals surface area contributed by atoms with Crippen molar-refractivity contribution in [1.82, 2.24) is 19.5 Å². The number of thiophene rings is 1. The Morgan fingerprint density at radius 3 is 2.07 bits per heavy atom. The number of nitrogens with zero attached hydrogens (tertiary/aromatic N) is 4. The lowest BCUT2D eigenvalue weighted by atomic mass is 10.1. The van der Waals surface area contributed by atoms with E-state index in [2.05, 4.69) is 77.4 Å². The topological polar surface area (TPSA) is 56.7 Å². The van der Waals surface area contributed by atoms with E-state index in [1.807, 2.05) is 72.0 Å². The van der Waals surface area contributed by atoms with Gasteiger partial charge in [0.2, 0.25) is 5.95 Å². The van der Waals surface area contributed by atoms with Gasteiger partial charge >= 0.3 is 0 Å². The molecule has 0 unspecified atom stereocenters.